The molecule has 4 nitrogen and oxygen atoms in total. The lowest BCUT2D eigenvalue weighted by molar-refractivity contribution is 0.217. The van der Waals surface area contributed by atoms with E-state index in [1.165, 1.54) is 0 Å². The van der Waals surface area contributed by atoms with Crippen molar-refractivity contribution in [3.8, 4) is 0 Å². The van der Waals surface area contributed by atoms with Gasteiger partial charge in [0, 0.05) is 27.3 Å². The molecule has 0 aliphatic rings. The third-order valence-electron chi connectivity index (χ3n) is 2.55. The second-order valence-electron chi connectivity index (χ2n) is 3.89. The van der Waals surface area contributed by atoms with E-state index in [0.717, 1.165) is 6.54 Å². The van der Waals surface area contributed by atoms with Crippen LogP contribution >= 0.6 is 0 Å². The normalized spacial score (nSPS) is 14.8. The second kappa shape index (κ2) is 6.52. The number of rotatable bonds is 7. The monoisotopic (exact) mass is 220 g/mol. The van der Waals surface area contributed by atoms with Gasteiger partial charge < -0.3 is 19.9 Å². The maximum atomic E-state index is 5.52. The van der Waals surface area contributed by atoms with Gasteiger partial charge in [-0.1, -0.05) is 13.8 Å². The topological polar surface area (TPSA) is 56.5 Å². The van der Waals surface area contributed by atoms with Crippen LogP contribution in [0.25, 0.3) is 0 Å². The highest BCUT2D eigenvalue weighted by Gasteiger charge is 2.40. The van der Waals surface area contributed by atoms with E-state index in [-0.39, 0.29) is 5.67 Å². The van der Waals surface area contributed by atoms with Crippen LogP contribution in [0.4, 0.5) is 0 Å². The third kappa shape index (κ3) is 3.66. The fourth-order valence-corrected chi connectivity index (χ4v) is 4.00. The Bertz CT molecular complexity index is 152. The van der Waals surface area contributed by atoms with Crippen molar-refractivity contribution >= 4 is 8.56 Å². The Balaban J connectivity index is 4.44. The minimum atomic E-state index is -2.09. The Morgan fingerprint density at radius 2 is 1.79 bits per heavy atom. The summed E-state index contributed by atoms with van der Waals surface area (Å²) in [5.74, 6) is 0.484. The highest BCUT2D eigenvalue weighted by molar-refractivity contribution is 6.67. The molecule has 1 unspecified atom stereocenters. The van der Waals surface area contributed by atoms with Gasteiger partial charge >= 0.3 is 8.56 Å². The van der Waals surface area contributed by atoms with Gasteiger partial charge in [0.1, 0.15) is 0 Å². The smallest absolute Gasteiger partial charge is 0.352 e. The average Bonchev–Trinajstić information content (AvgIpc) is 2.17. The van der Waals surface area contributed by atoms with E-state index >= 15 is 0 Å². The molecular weight excluding hydrogens is 196 g/mol. The SMILES string of the molecule is CO[Si](C)(OC)C(NCCN)C(C)C. The van der Waals surface area contributed by atoms with Crippen LogP contribution in [0, 0.1) is 5.92 Å². The van der Waals surface area contributed by atoms with Gasteiger partial charge in [0.25, 0.3) is 0 Å². The van der Waals surface area contributed by atoms with E-state index < -0.39 is 8.56 Å². The third-order valence-corrected chi connectivity index (χ3v) is 6.17. The molecule has 1 atom stereocenters. The van der Waals surface area contributed by atoms with E-state index in [4.69, 9.17) is 14.6 Å². The van der Waals surface area contributed by atoms with Gasteiger partial charge in [-0.15, -0.1) is 0 Å². The molecule has 5 heteroatoms. The van der Waals surface area contributed by atoms with Crippen LogP contribution in [0.5, 0.6) is 0 Å². The van der Waals surface area contributed by atoms with E-state index in [9.17, 15) is 0 Å². The first-order chi connectivity index (χ1) is 6.51. The van der Waals surface area contributed by atoms with Crippen molar-refractivity contribution in [2.24, 2.45) is 11.7 Å². The molecule has 3 N–H and O–H groups in total. The molecule has 0 aromatic rings. The zero-order chi connectivity index (χ0) is 11.2. The summed E-state index contributed by atoms with van der Waals surface area (Å²) in [5, 5.41) is 3.40. The highest BCUT2D eigenvalue weighted by Crippen LogP contribution is 2.17. The maximum absolute atomic E-state index is 5.52. The fourth-order valence-electron chi connectivity index (χ4n) is 1.60. The van der Waals surface area contributed by atoms with E-state index in [2.05, 4.69) is 25.7 Å². The van der Waals surface area contributed by atoms with Crippen LogP contribution in [0.15, 0.2) is 0 Å². The first-order valence-electron chi connectivity index (χ1n) is 5.05. The minimum Gasteiger partial charge on any atom is -0.397 e. The molecule has 0 rings (SSSR count). The van der Waals surface area contributed by atoms with Crippen LogP contribution in [0.1, 0.15) is 13.8 Å². The zero-order valence-corrected chi connectivity index (χ0v) is 11.0. The summed E-state index contributed by atoms with van der Waals surface area (Å²) in [7, 11) is 1.34. The van der Waals surface area contributed by atoms with Crippen molar-refractivity contribution in [3.63, 3.8) is 0 Å². The lowest BCUT2D eigenvalue weighted by Gasteiger charge is -2.35. The van der Waals surface area contributed by atoms with Crippen molar-refractivity contribution in [2.45, 2.75) is 26.1 Å². The maximum Gasteiger partial charge on any atom is 0.352 e. The molecule has 0 fully saturated rings. The molecule has 0 spiro atoms. The number of nitrogens with one attached hydrogen (secondary N) is 1. The van der Waals surface area contributed by atoms with Crippen molar-refractivity contribution in [2.75, 3.05) is 27.3 Å². The predicted molar refractivity (Wildman–Crippen MR) is 61.3 cm³/mol. The summed E-state index contributed by atoms with van der Waals surface area (Å²) < 4.78 is 11.0. The Morgan fingerprint density at radius 3 is 2.07 bits per heavy atom. The molecule has 0 aliphatic heterocycles. The van der Waals surface area contributed by atoms with Crippen LogP contribution in [0.2, 0.25) is 6.55 Å². The van der Waals surface area contributed by atoms with Gasteiger partial charge in [0.15, 0.2) is 0 Å². The van der Waals surface area contributed by atoms with Crippen LogP contribution in [-0.2, 0) is 8.85 Å². The minimum absolute atomic E-state index is 0.279. The fraction of sp³-hybridized carbons (Fsp3) is 1.00. The summed E-state index contributed by atoms with van der Waals surface area (Å²) in [6, 6.07) is 0. The molecule has 0 bridgehead atoms. The quantitative estimate of drug-likeness (QED) is 0.612. The van der Waals surface area contributed by atoms with Crippen molar-refractivity contribution in [1.82, 2.24) is 5.32 Å². The lowest BCUT2D eigenvalue weighted by atomic mass is 10.2. The van der Waals surface area contributed by atoms with E-state index in [1.807, 2.05) is 0 Å². The molecule has 0 heterocycles. The van der Waals surface area contributed by atoms with Crippen LogP contribution in [-0.4, -0.2) is 41.5 Å². The van der Waals surface area contributed by atoms with Crippen LogP contribution in [0.3, 0.4) is 0 Å². The summed E-state index contributed by atoms with van der Waals surface area (Å²) in [6.07, 6.45) is 0. The molecule has 0 amide bonds. The van der Waals surface area contributed by atoms with Gasteiger partial charge in [-0.05, 0) is 12.5 Å². The second-order valence-corrected chi connectivity index (χ2v) is 7.36. The molecule has 0 aliphatic carbocycles. The molecule has 14 heavy (non-hydrogen) atoms. The summed E-state index contributed by atoms with van der Waals surface area (Å²) in [5.41, 5.74) is 5.75. The van der Waals surface area contributed by atoms with Gasteiger partial charge in [-0.3, -0.25) is 0 Å². The first-order valence-corrected chi connectivity index (χ1v) is 7.45. The number of hydrogen-bond acceptors (Lipinski definition) is 4. The first kappa shape index (κ1) is 14.1. The van der Waals surface area contributed by atoms with Gasteiger partial charge in [-0.2, -0.15) is 0 Å². The average molecular weight is 220 g/mol. The predicted octanol–water partition coefficient (Wildman–Crippen LogP) is 0.463. The standard InChI is InChI=1S/C9H24N2O2Si/c1-8(2)9(11-7-6-10)14(5,12-3)13-4/h8-9,11H,6-7,10H2,1-5H3. The number of nitrogens with two attached hydrogens (primary N) is 1. The highest BCUT2D eigenvalue weighted by atomic mass is 28.4. The summed E-state index contributed by atoms with van der Waals surface area (Å²) in [4.78, 5) is 0. The Hall–Kier alpha value is 0.0569. The Labute approximate surface area is 88.4 Å². The zero-order valence-electron chi connectivity index (χ0n) is 9.96. The summed E-state index contributed by atoms with van der Waals surface area (Å²) in [6.45, 7) is 7.84. The van der Waals surface area contributed by atoms with E-state index in [0.29, 0.717) is 12.5 Å². The van der Waals surface area contributed by atoms with Crippen molar-refractivity contribution in [3.05, 3.63) is 0 Å². The van der Waals surface area contributed by atoms with E-state index in [1.54, 1.807) is 14.2 Å². The molecular formula is C9H24N2O2Si. The van der Waals surface area contributed by atoms with Crippen molar-refractivity contribution in [1.29, 1.82) is 0 Å². The molecule has 0 saturated carbocycles. The summed E-state index contributed by atoms with van der Waals surface area (Å²) >= 11 is 0. The van der Waals surface area contributed by atoms with Crippen molar-refractivity contribution < 1.29 is 8.85 Å². The van der Waals surface area contributed by atoms with Gasteiger partial charge in [0.05, 0.1) is 5.67 Å². The van der Waals surface area contributed by atoms with Gasteiger partial charge in [0.2, 0.25) is 0 Å². The molecule has 0 radical (unpaired) electrons. The lowest BCUT2D eigenvalue weighted by Crippen LogP contribution is -2.59. The largest absolute Gasteiger partial charge is 0.397 e. The molecule has 0 saturated heterocycles. The molecule has 0 aromatic carbocycles. The number of hydrogen-bond donors (Lipinski definition) is 2. The Kier molecular flexibility index (Phi) is 6.55. The molecule has 0 aromatic heterocycles. The molecule has 86 valence electrons. The van der Waals surface area contributed by atoms with Crippen LogP contribution < -0.4 is 11.1 Å². The van der Waals surface area contributed by atoms with Gasteiger partial charge in [-0.25, -0.2) is 0 Å². The Morgan fingerprint density at radius 1 is 1.29 bits per heavy atom.